The average molecular weight is 295 g/mol. The van der Waals surface area contributed by atoms with Crippen molar-refractivity contribution >= 4 is 34.6 Å². The van der Waals surface area contributed by atoms with Gasteiger partial charge in [-0.3, -0.25) is 0 Å². The molecule has 0 bridgehead atoms. The van der Waals surface area contributed by atoms with Crippen LogP contribution in [0, 0.1) is 0 Å². The largest absolute Gasteiger partial charge is 0.397 e. The number of rotatable bonds is 4. The molecule has 0 saturated heterocycles. The summed E-state index contributed by atoms with van der Waals surface area (Å²) >= 11 is 12.3. The van der Waals surface area contributed by atoms with Crippen molar-refractivity contribution < 1.29 is 0 Å². The summed E-state index contributed by atoms with van der Waals surface area (Å²) in [7, 11) is 0. The van der Waals surface area contributed by atoms with Crippen LogP contribution in [0.2, 0.25) is 10.0 Å². The molecule has 0 heterocycles. The summed E-state index contributed by atoms with van der Waals surface area (Å²) in [6.07, 6.45) is 0. The van der Waals surface area contributed by atoms with Crippen LogP contribution in [-0.2, 0) is 6.54 Å². The van der Waals surface area contributed by atoms with Gasteiger partial charge in [-0.25, -0.2) is 0 Å². The first kappa shape index (κ1) is 14.0. The summed E-state index contributed by atoms with van der Waals surface area (Å²) in [6, 6.07) is 13.5. The highest BCUT2D eigenvalue weighted by Crippen LogP contribution is 2.29. The van der Waals surface area contributed by atoms with Gasteiger partial charge in [0.05, 0.1) is 21.4 Å². The molecule has 100 valence electrons. The van der Waals surface area contributed by atoms with Crippen molar-refractivity contribution in [1.82, 2.24) is 0 Å². The van der Waals surface area contributed by atoms with E-state index in [0.717, 1.165) is 23.5 Å². The van der Waals surface area contributed by atoms with Gasteiger partial charge in [-0.1, -0.05) is 47.5 Å². The van der Waals surface area contributed by atoms with Crippen LogP contribution in [0.15, 0.2) is 42.5 Å². The fourth-order valence-corrected chi connectivity index (χ4v) is 2.40. The lowest BCUT2D eigenvalue weighted by molar-refractivity contribution is 0.833. The molecule has 2 nitrogen and oxygen atoms in total. The predicted octanol–water partition coefficient (Wildman–Crippen LogP) is 4.60. The molecule has 0 aromatic heterocycles. The molecule has 0 radical (unpaired) electrons. The number of nitrogen functional groups attached to an aromatic ring is 1. The molecule has 0 atom stereocenters. The Hall–Kier alpha value is -1.38. The number of nitrogens with zero attached hydrogens (tertiary/aromatic N) is 1. The third-order valence-corrected chi connectivity index (χ3v) is 3.91. The van der Waals surface area contributed by atoms with Gasteiger partial charge >= 0.3 is 0 Å². The van der Waals surface area contributed by atoms with Gasteiger partial charge in [-0.15, -0.1) is 0 Å². The number of nitrogens with two attached hydrogens (primary N) is 1. The number of hydrogen-bond donors (Lipinski definition) is 1. The van der Waals surface area contributed by atoms with Crippen LogP contribution in [0.3, 0.4) is 0 Å². The minimum absolute atomic E-state index is 0.580. The molecule has 19 heavy (non-hydrogen) atoms. The maximum Gasteiger partial charge on any atom is 0.0642 e. The minimum atomic E-state index is 0.580. The Bertz CT molecular complexity index is 570. The molecule has 2 rings (SSSR count). The topological polar surface area (TPSA) is 29.3 Å². The molecule has 4 heteroatoms. The number of hydrogen-bond acceptors (Lipinski definition) is 2. The van der Waals surface area contributed by atoms with Crippen molar-refractivity contribution in [2.75, 3.05) is 17.2 Å². The van der Waals surface area contributed by atoms with E-state index in [1.807, 2.05) is 36.4 Å². The van der Waals surface area contributed by atoms with Crippen molar-refractivity contribution in [2.24, 2.45) is 0 Å². The van der Waals surface area contributed by atoms with Crippen LogP contribution >= 0.6 is 23.2 Å². The Morgan fingerprint density at radius 3 is 2.47 bits per heavy atom. The van der Waals surface area contributed by atoms with E-state index in [1.165, 1.54) is 0 Å². The standard InChI is InChI=1S/C15H16Cl2N2/c1-2-19(14-9-4-3-8-13(14)18)10-11-6-5-7-12(16)15(11)17/h3-9H,2,10,18H2,1H3. The fraction of sp³-hybridized carbons (Fsp3) is 0.200. The Balaban J connectivity index is 2.30. The van der Waals surface area contributed by atoms with Gasteiger partial charge in [0.1, 0.15) is 0 Å². The second-order valence-corrected chi connectivity index (χ2v) is 5.07. The zero-order valence-electron chi connectivity index (χ0n) is 10.7. The summed E-state index contributed by atoms with van der Waals surface area (Å²) in [5.74, 6) is 0. The van der Waals surface area contributed by atoms with E-state index in [1.54, 1.807) is 6.07 Å². The molecule has 0 amide bonds. The van der Waals surface area contributed by atoms with E-state index in [-0.39, 0.29) is 0 Å². The van der Waals surface area contributed by atoms with Crippen molar-refractivity contribution in [3.63, 3.8) is 0 Å². The van der Waals surface area contributed by atoms with E-state index in [0.29, 0.717) is 16.6 Å². The van der Waals surface area contributed by atoms with Crippen LogP contribution in [0.1, 0.15) is 12.5 Å². The lowest BCUT2D eigenvalue weighted by atomic mass is 10.2. The Kier molecular flexibility index (Phi) is 4.56. The van der Waals surface area contributed by atoms with E-state index in [4.69, 9.17) is 28.9 Å². The highest BCUT2D eigenvalue weighted by molar-refractivity contribution is 6.42. The maximum atomic E-state index is 6.23. The van der Waals surface area contributed by atoms with Gasteiger partial charge in [0, 0.05) is 13.1 Å². The van der Waals surface area contributed by atoms with E-state index in [9.17, 15) is 0 Å². The number of benzene rings is 2. The zero-order chi connectivity index (χ0) is 13.8. The Labute approximate surface area is 123 Å². The molecule has 0 aliphatic rings. The normalized spacial score (nSPS) is 10.5. The molecule has 0 fully saturated rings. The SMILES string of the molecule is CCN(Cc1cccc(Cl)c1Cl)c1ccccc1N. The summed E-state index contributed by atoms with van der Waals surface area (Å²) in [5, 5.41) is 1.19. The molecule has 2 aromatic rings. The summed E-state index contributed by atoms with van der Waals surface area (Å²) < 4.78 is 0. The Morgan fingerprint density at radius 1 is 1.05 bits per heavy atom. The first-order chi connectivity index (χ1) is 9.13. The van der Waals surface area contributed by atoms with Gasteiger partial charge in [-0.05, 0) is 30.7 Å². The second-order valence-electron chi connectivity index (χ2n) is 4.29. The second kappa shape index (κ2) is 6.18. The van der Waals surface area contributed by atoms with Gasteiger partial charge in [0.15, 0.2) is 0 Å². The number of halogens is 2. The smallest absolute Gasteiger partial charge is 0.0642 e. The van der Waals surface area contributed by atoms with Gasteiger partial charge in [-0.2, -0.15) is 0 Å². The van der Waals surface area contributed by atoms with Gasteiger partial charge < -0.3 is 10.6 Å². The third kappa shape index (κ3) is 3.14. The minimum Gasteiger partial charge on any atom is -0.397 e. The summed E-state index contributed by atoms with van der Waals surface area (Å²) in [5.41, 5.74) is 8.80. The number of para-hydroxylation sites is 2. The van der Waals surface area contributed by atoms with Gasteiger partial charge in [0.2, 0.25) is 0 Å². The maximum absolute atomic E-state index is 6.23. The van der Waals surface area contributed by atoms with Crippen LogP contribution in [0.25, 0.3) is 0 Å². The Morgan fingerprint density at radius 2 is 1.79 bits per heavy atom. The van der Waals surface area contributed by atoms with Crippen LogP contribution in [0.4, 0.5) is 11.4 Å². The van der Waals surface area contributed by atoms with Crippen LogP contribution < -0.4 is 10.6 Å². The first-order valence-corrected chi connectivity index (χ1v) is 6.91. The van der Waals surface area contributed by atoms with Crippen molar-refractivity contribution in [3.8, 4) is 0 Å². The average Bonchev–Trinajstić information content (AvgIpc) is 2.41. The molecular weight excluding hydrogens is 279 g/mol. The first-order valence-electron chi connectivity index (χ1n) is 6.15. The van der Waals surface area contributed by atoms with Crippen LogP contribution in [-0.4, -0.2) is 6.54 Å². The predicted molar refractivity (Wildman–Crippen MR) is 84.0 cm³/mol. The summed E-state index contributed by atoms with van der Waals surface area (Å²) in [4.78, 5) is 2.17. The molecule has 0 aliphatic carbocycles. The molecular formula is C15H16Cl2N2. The highest BCUT2D eigenvalue weighted by Gasteiger charge is 2.11. The molecule has 0 aliphatic heterocycles. The molecule has 2 aromatic carbocycles. The van der Waals surface area contributed by atoms with Gasteiger partial charge in [0.25, 0.3) is 0 Å². The molecule has 0 unspecified atom stereocenters. The lowest BCUT2D eigenvalue weighted by Crippen LogP contribution is -2.23. The molecule has 0 spiro atoms. The van der Waals surface area contributed by atoms with Crippen LogP contribution in [0.5, 0.6) is 0 Å². The highest BCUT2D eigenvalue weighted by atomic mass is 35.5. The molecule has 2 N–H and O–H groups in total. The number of anilines is 2. The van der Waals surface area contributed by atoms with Crippen molar-refractivity contribution in [3.05, 3.63) is 58.1 Å². The zero-order valence-corrected chi connectivity index (χ0v) is 12.2. The lowest BCUT2D eigenvalue weighted by Gasteiger charge is -2.25. The quantitative estimate of drug-likeness (QED) is 0.835. The van der Waals surface area contributed by atoms with E-state index >= 15 is 0 Å². The van der Waals surface area contributed by atoms with Crippen molar-refractivity contribution in [1.29, 1.82) is 0 Å². The third-order valence-electron chi connectivity index (χ3n) is 3.05. The fourth-order valence-electron chi connectivity index (χ4n) is 2.02. The van der Waals surface area contributed by atoms with Crippen molar-refractivity contribution in [2.45, 2.75) is 13.5 Å². The molecule has 0 saturated carbocycles. The van der Waals surface area contributed by atoms with E-state index < -0.39 is 0 Å². The summed E-state index contributed by atoms with van der Waals surface area (Å²) in [6.45, 7) is 3.62. The monoisotopic (exact) mass is 294 g/mol. The van der Waals surface area contributed by atoms with E-state index in [2.05, 4.69) is 11.8 Å².